The molecule has 0 aromatic heterocycles. The predicted octanol–water partition coefficient (Wildman–Crippen LogP) is 3.19. The highest BCUT2D eigenvalue weighted by atomic mass is 16.2. The van der Waals surface area contributed by atoms with Crippen LogP contribution in [0.5, 0.6) is 0 Å². The lowest BCUT2D eigenvalue weighted by Crippen LogP contribution is -2.51. The number of likely N-dealkylation sites (N-methyl/N-ethyl adjacent to an activating group) is 1. The number of nitriles is 1. The van der Waals surface area contributed by atoms with Crippen molar-refractivity contribution in [1.82, 2.24) is 4.90 Å². The first-order valence-corrected chi connectivity index (χ1v) is 8.25. The largest absolute Gasteiger partial charge is 0.311 e. The molecule has 2 aromatic carbocycles. The summed E-state index contributed by atoms with van der Waals surface area (Å²) >= 11 is 0. The van der Waals surface area contributed by atoms with Gasteiger partial charge in [-0.15, -0.1) is 0 Å². The number of nitrogens with zero attached hydrogens (tertiary/aromatic N) is 3. The maximum atomic E-state index is 12.9. The topological polar surface area (TPSA) is 47.3 Å². The minimum absolute atomic E-state index is 0.143. The van der Waals surface area contributed by atoms with Crippen LogP contribution in [-0.2, 0) is 11.3 Å². The van der Waals surface area contributed by atoms with E-state index < -0.39 is 0 Å². The number of hydrogen-bond acceptors (Lipinski definition) is 3. The van der Waals surface area contributed by atoms with Crippen LogP contribution in [0.4, 0.5) is 5.69 Å². The van der Waals surface area contributed by atoms with Gasteiger partial charge in [0.05, 0.1) is 17.7 Å². The molecule has 0 aliphatic carbocycles. The Labute approximate surface area is 142 Å². The minimum atomic E-state index is -0.147. The molecular weight excluding hydrogens is 298 g/mol. The average molecular weight is 319 g/mol. The van der Waals surface area contributed by atoms with Crippen molar-refractivity contribution in [1.29, 1.82) is 5.26 Å². The zero-order chi connectivity index (χ0) is 16.9. The van der Waals surface area contributed by atoms with E-state index in [4.69, 9.17) is 0 Å². The Morgan fingerprint density at radius 1 is 1.17 bits per heavy atom. The fraction of sp³-hybridized carbons (Fsp3) is 0.300. The lowest BCUT2D eigenvalue weighted by molar-refractivity contribution is -0.125. The number of carbonyl (C=O) groups excluding carboxylic acids is 1. The van der Waals surface area contributed by atoms with Gasteiger partial charge >= 0.3 is 0 Å². The molecule has 1 aliphatic rings. The van der Waals surface area contributed by atoms with Crippen LogP contribution in [0.15, 0.2) is 54.6 Å². The van der Waals surface area contributed by atoms with E-state index in [0.29, 0.717) is 12.1 Å². The Bertz CT molecular complexity index is 751. The normalized spacial score (nSPS) is 17.8. The first-order chi connectivity index (χ1) is 11.7. The van der Waals surface area contributed by atoms with Gasteiger partial charge in [-0.05, 0) is 43.7 Å². The minimum Gasteiger partial charge on any atom is -0.311 e. The van der Waals surface area contributed by atoms with Crippen molar-refractivity contribution >= 4 is 11.6 Å². The van der Waals surface area contributed by atoms with Crippen LogP contribution in [0.1, 0.15) is 24.0 Å². The fourth-order valence-electron chi connectivity index (χ4n) is 3.28. The van der Waals surface area contributed by atoms with E-state index in [2.05, 4.69) is 11.0 Å². The van der Waals surface area contributed by atoms with E-state index in [1.165, 1.54) is 0 Å². The van der Waals surface area contributed by atoms with Crippen molar-refractivity contribution < 1.29 is 4.79 Å². The van der Waals surface area contributed by atoms with Crippen molar-refractivity contribution in [2.24, 2.45) is 0 Å². The van der Waals surface area contributed by atoms with E-state index >= 15 is 0 Å². The molecule has 1 amide bonds. The van der Waals surface area contributed by atoms with Crippen molar-refractivity contribution in [2.45, 2.75) is 25.4 Å². The molecule has 1 saturated heterocycles. The van der Waals surface area contributed by atoms with Crippen LogP contribution in [0.2, 0.25) is 0 Å². The standard InChI is InChI=1S/C20H21N3O/c1-22(15-17-9-6-5-8-16(17)14-21)19-12-7-13-23(20(19)24)18-10-3-2-4-11-18/h2-6,8-11,19H,7,12-13,15H2,1H3. The Kier molecular flexibility index (Phi) is 4.93. The number of benzene rings is 2. The van der Waals surface area contributed by atoms with Gasteiger partial charge in [0.15, 0.2) is 0 Å². The van der Waals surface area contributed by atoms with E-state index in [1.54, 1.807) is 0 Å². The van der Waals surface area contributed by atoms with Gasteiger partial charge in [-0.2, -0.15) is 5.26 Å². The van der Waals surface area contributed by atoms with Gasteiger partial charge in [-0.1, -0.05) is 36.4 Å². The summed E-state index contributed by atoms with van der Waals surface area (Å²) in [5, 5.41) is 9.24. The molecule has 1 fully saturated rings. The van der Waals surface area contributed by atoms with Gasteiger partial charge in [-0.3, -0.25) is 9.69 Å². The number of para-hydroxylation sites is 1. The summed E-state index contributed by atoms with van der Waals surface area (Å²) in [6.45, 7) is 1.37. The molecule has 122 valence electrons. The smallest absolute Gasteiger partial charge is 0.244 e. The van der Waals surface area contributed by atoms with Gasteiger partial charge in [0.25, 0.3) is 0 Å². The second kappa shape index (κ2) is 7.29. The Morgan fingerprint density at radius 3 is 2.62 bits per heavy atom. The van der Waals surface area contributed by atoms with E-state index in [1.807, 2.05) is 66.5 Å². The first-order valence-electron chi connectivity index (χ1n) is 8.25. The molecule has 0 spiro atoms. The highest BCUT2D eigenvalue weighted by Crippen LogP contribution is 2.24. The van der Waals surface area contributed by atoms with Crippen molar-refractivity contribution in [3.8, 4) is 6.07 Å². The lowest BCUT2D eigenvalue weighted by atomic mass is 10.0. The molecule has 0 bridgehead atoms. The fourth-order valence-corrected chi connectivity index (χ4v) is 3.28. The molecule has 0 saturated carbocycles. The predicted molar refractivity (Wildman–Crippen MR) is 94.4 cm³/mol. The maximum Gasteiger partial charge on any atom is 0.244 e. The maximum absolute atomic E-state index is 12.9. The third-order valence-corrected chi connectivity index (χ3v) is 4.57. The van der Waals surface area contributed by atoms with E-state index in [0.717, 1.165) is 30.6 Å². The van der Waals surface area contributed by atoms with Crippen LogP contribution in [0.25, 0.3) is 0 Å². The highest BCUT2D eigenvalue weighted by Gasteiger charge is 2.32. The zero-order valence-corrected chi connectivity index (χ0v) is 13.9. The summed E-state index contributed by atoms with van der Waals surface area (Å²) in [5.74, 6) is 0.143. The first kappa shape index (κ1) is 16.2. The van der Waals surface area contributed by atoms with Crippen LogP contribution in [0, 0.1) is 11.3 Å². The van der Waals surface area contributed by atoms with Crippen LogP contribution >= 0.6 is 0 Å². The Balaban J connectivity index is 1.76. The number of rotatable bonds is 4. The molecule has 1 heterocycles. The molecule has 0 N–H and O–H groups in total. The third kappa shape index (κ3) is 3.32. The molecule has 0 radical (unpaired) electrons. The van der Waals surface area contributed by atoms with Gasteiger partial charge < -0.3 is 4.90 Å². The zero-order valence-electron chi connectivity index (χ0n) is 13.9. The number of anilines is 1. The molecule has 4 heteroatoms. The molecule has 24 heavy (non-hydrogen) atoms. The molecule has 1 aliphatic heterocycles. The van der Waals surface area contributed by atoms with Gasteiger partial charge in [0.1, 0.15) is 0 Å². The number of piperidine rings is 1. The summed E-state index contributed by atoms with van der Waals surface area (Å²) < 4.78 is 0. The molecular formula is C20H21N3O. The molecule has 4 nitrogen and oxygen atoms in total. The highest BCUT2D eigenvalue weighted by molar-refractivity contribution is 5.97. The van der Waals surface area contributed by atoms with Gasteiger partial charge in [-0.25, -0.2) is 0 Å². The average Bonchev–Trinajstić information content (AvgIpc) is 2.63. The van der Waals surface area contributed by atoms with Gasteiger partial charge in [0.2, 0.25) is 5.91 Å². The molecule has 1 unspecified atom stereocenters. The summed E-state index contributed by atoms with van der Waals surface area (Å²) in [5.41, 5.74) is 2.60. The third-order valence-electron chi connectivity index (χ3n) is 4.57. The quantitative estimate of drug-likeness (QED) is 0.869. The SMILES string of the molecule is CN(Cc1ccccc1C#N)C1CCCN(c2ccccc2)C1=O. The Morgan fingerprint density at radius 2 is 1.88 bits per heavy atom. The lowest BCUT2D eigenvalue weighted by Gasteiger charge is -2.37. The number of amides is 1. The number of hydrogen-bond donors (Lipinski definition) is 0. The molecule has 3 rings (SSSR count). The van der Waals surface area contributed by atoms with Crippen LogP contribution in [0.3, 0.4) is 0 Å². The second-order valence-electron chi connectivity index (χ2n) is 6.17. The number of carbonyl (C=O) groups is 1. The van der Waals surface area contributed by atoms with E-state index in [-0.39, 0.29) is 11.9 Å². The van der Waals surface area contributed by atoms with E-state index in [9.17, 15) is 10.1 Å². The molecule has 1 atom stereocenters. The molecule has 2 aromatic rings. The second-order valence-corrected chi connectivity index (χ2v) is 6.17. The van der Waals surface area contributed by atoms with Crippen molar-refractivity contribution in [2.75, 3.05) is 18.5 Å². The Hall–Kier alpha value is -2.64. The summed E-state index contributed by atoms with van der Waals surface area (Å²) in [7, 11) is 1.96. The van der Waals surface area contributed by atoms with Crippen molar-refractivity contribution in [3.63, 3.8) is 0 Å². The van der Waals surface area contributed by atoms with Crippen LogP contribution < -0.4 is 4.90 Å². The monoisotopic (exact) mass is 319 g/mol. The van der Waals surface area contributed by atoms with Crippen LogP contribution in [-0.4, -0.2) is 30.4 Å². The van der Waals surface area contributed by atoms with Crippen molar-refractivity contribution in [3.05, 3.63) is 65.7 Å². The summed E-state index contributed by atoms with van der Waals surface area (Å²) in [4.78, 5) is 16.9. The summed E-state index contributed by atoms with van der Waals surface area (Å²) in [6, 6.07) is 19.5. The summed E-state index contributed by atoms with van der Waals surface area (Å²) in [6.07, 6.45) is 1.84. The van der Waals surface area contributed by atoms with Gasteiger partial charge in [0, 0.05) is 18.8 Å².